The molecule has 2 aliphatic carbocycles. The summed E-state index contributed by atoms with van der Waals surface area (Å²) in [6.45, 7) is 6.24. The Labute approximate surface area is 158 Å². The van der Waals surface area contributed by atoms with Crippen molar-refractivity contribution in [3.63, 3.8) is 0 Å². The summed E-state index contributed by atoms with van der Waals surface area (Å²) in [7, 11) is 0. The van der Waals surface area contributed by atoms with Gasteiger partial charge in [0, 0.05) is 30.4 Å². The number of rotatable bonds is 6. The molecule has 2 aliphatic rings. The molecule has 0 bridgehead atoms. The zero-order valence-electron chi connectivity index (χ0n) is 16.2. The number of nitrogens with one attached hydrogen (secondary N) is 1. The summed E-state index contributed by atoms with van der Waals surface area (Å²) in [4.78, 5) is 9.44. The maximum atomic E-state index is 6.03. The van der Waals surface area contributed by atoms with E-state index in [0.717, 1.165) is 55.2 Å². The average Bonchev–Trinajstić information content (AvgIpc) is 2.64. The normalized spacial score (nSPS) is 25.6. The number of hydrogen-bond donors (Lipinski definition) is 3. The third-order valence-electron chi connectivity index (χ3n) is 6.26. The van der Waals surface area contributed by atoms with Gasteiger partial charge in [-0.3, -0.25) is 0 Å². The SMILES string of the molecule is C=C(N)c1cnc(C[C@@H](C)C2CCCCC2)nc1NC1CCC(N)CC1. The molecule has 0 aromatic carbocycles. The number of nitrogens with two attached hydrogens (primary N) is 2. The highest BCUT2D eigenvalue weighted by Crippen LogP contribution is 2.31. The number of aromatic nitrogens is 2. The quantitative estimate of drug-likeness (QED) is 0.719. The van der Waals surface area contributed by atoms with Gasteiger partial charge in [0.1, 0.15) is 11.6 Å². The number of nitrogens with zero attached hydrogens (tertiary/aromatic N) is 2. The Bertz CT molecular complexity index is 600. The predicted molar refractivity (Wildman–Crippen MR) is 109 cm³/mol. The van der Waals surface area contributed by atoms with Gasteiger partial charge in [-0.25, -0.2) is 9.97 Å². The second kappa shape index (κ2) is 8.85. The van der Waals surface area contributed by atoms with Crippen LogP contribution in [0.1, 0.15) is 76.1 Å². The Morgan fingerprint density at radius 1 is 1.19 bits per heavy atom. The molecule has 2 saturated carbocycles. The van der Waals surface area contributed by atoms with Crippen molar-refractivity contribution in [2.75, 3.05) is 5.32 Å². The summed E-state index contributed by atoms with van der Waals surface area (Å²) in [5.74, 6) is 3.21. The van der Waals surface area contributed by atoms with Crippen LogP contribution >= 0.6 is 0 Å². The fourth-order valence-electron chi connectivity index (χ4n) is 4.48. The number of anilines is 1. The van der Waals surface area contributed by atoms with Crippen LogP contribution in [0, 0.1) is 11.8 Å². The lowest BCUT2D eigenvalue weighted by Gasteiger charge is -2.29. The lowest BCUT2D eigenvalue weighted by Crippen LogP contribution is -2.33. The standard InChI is InChI=1S/C21H35N5/c1-14(16-6-4-3-5-7-16)12-20-24-13-19(15(2)22)21(26-20)25-18-10-8-17(23)9-11-18/h13-14,16-18H,2-12,22-23H2,1H3,(H,24,25,26)/t14-,17?,18?/m1/s1. The summed E-state index contributed by atoms with van der Waals surface area (Å²) in [5, 5.41) is 3.60. The minimum Gasteiger partial charge on any atom is -0.399 e. The third-order valence-corrected chi connectivity index (χ3v) is 6.26. The van der Waals surface area contributed by atoms with Crippen molar-refractivity contribution in [2.45, 2.75) is 83.2 Å². The van der Waals surface area contributed by atoms with Crippen LogP contribution in [0.5, 0.6) is 0 Å². The van der Waals surface area contributed by atoms with E-state index in [0.29, 0.717) is 23.7 Å². The molecule has 0 aliphatic heterocycles. The highest BCUT2D eigenvalue weighted by Gasteiger charge is 2.23. The van der Waals surface area contributed by atoms with Crippen molar-refractivity contribution in [3.05, 3.63) is 24.2 Å². The molecular formula is C21H35N5. The molecule has 0 unspecified atom stereocenters. The van der Waals surface area contributed by atoms with Gasteiger partial charge in [0.25, 0.3) is 0 Å². The minimum atomic E-state index is 0.342. The topological polar surface area (TPSA) is 89.8 Å². The Kier molecular flexibility index (Phi) is 6.52. The Hall–Kier alpha value is -1.62. The Morgan fingerprint density at radius 3 is 2.54 bits per heavy atom. The molecule has 1 atom stereocenters. The molecular weight excluding hydrogens is 322 g/mol. The van der Waals surface area contributed by atoms with Crippen molar-refractivity contribution in [2.24, 2.45) is 23.3 Å². The van der Waals surface area contributed by atoms with E-state index < -0.39 is 0 Å². The molecule has 3 rings (SSSR count). The molecule has 1 aromatic heterocycles. The van der Waals surface area contributed by atoms with Crippen molar-refractivity contribution < 1.29 is 0 Å². The average molecular weight is 358 g/mol. The molecule has 0 radical (unpaired) electrons. The van der Waals surface area contributed by atoms with Gasteiger partial charge < -0.3 is 16.8 Å². The summed E-state index contributed by atoms with van der Waals surface area (Å²) >= 11 is 0. The number of hydrogen-bond acceptors (Lipinski definition) is 5. The van der Waals surface area contributed by atoms with Crippen LogP contribution in [-0.4, -0.2) is 22.1 Å². The first-order chi connectivity index (χ1) is 12.5. The third kappa shape index (κ3) is 4.97. The van der Waals surface area contributed by atoms with E-state index in [4.69, 9.17) is 16.5 Å². The smallest absolute Gasteiger partial charge is 0.139 e. The van der Waals surface area contributed by atoms with Gasteiger partial charge in [0.05, 0.1) is 5.56 Å². The lowest BCUT2D eigenvalue weighted by molar-refractivity contribution is 0.260. The molecule has 144 valence electrons. The molecule has 1 aromatic rings. The highest BCUT2D eigenvalue weighted by atomic mass is 15.1. The molecule has 0 saturated heterocycles. The Morgan fingerprint density at radius 2 is 1.88 bits per heavy atom. The second-order valence-electron chi connectivity index (χ2n) is 8.41. The van der Waals surface area contributed by atoms with Crippen LogP contribution in [0.2, 0.25) is 0 Å². The highest BCUT2D eigenvalue weighted by molar-refractivity contribution is 5.70. The van der Waals surface area contributed by atoms with E-state index in [-0.39, 0.29) is 0 Å². The molecule has 1 heterocycles. The lowest BCUT2D eigenvalue weighted by atomic mass is 9.79. The first-order valence-electron chi connectivity index (χ1n) is 10.4. The summed E-state index contributed by atoms with van der Waals surface area (Å²) < 4.78 is 0. The fourth-order valence-corrected chi connectivity index (χ4v) is 4.48. The van der Waals surface area contributed by atoms with E-state index in [1.54, 1.807) is 0 Å². The van der Waals surface area contributed by atoms with Crippen LogP contribution in [0.3, 0.4) is 0 Å². The van der Waals surface area contributed by atoms with Crippen LogP contribution in [0.25, 0.3) is 5.70 Å². The first kappa shape index (κ1) is 19.2. The maximum absolute atomic E-state index is 6.03. The van der Waals surface area contributed by atoms with E-state index in [1.807, 2.05) is 6.20 Å². The molecule has 2 fully saturated rings. The van der Waals surface area contributed by atoms with Gasteiger partial charge in [-0.05, 0) is 37.5 Å². The van der Waals surface area contributed by atoms with Crippen LogP contribution < -0.4 is 16.8 Å². The van der Waals surface area contributed by atoms with Gasteiger partial charge >= 0.3 is 0 Å². The van der Waals surface area contributed by atoms with Gasteiger partial charge in [-0.15, -0.1) is 0 Å². The molecule has 5 N–H and O–H groups in total. The molecule has 0 amide bonds. The van der Waals surface area contributed by atoms with Crippen molar-refractivity contribution in [1.29, 1.82) is 0 Å². The summed E-state index contributed by atoms with van der Waals surface area (Å²) in [6.07, 6.45) is 13.9. The van der Waals surface area contributed by atoms with Crippen LogP contribution in [-0.2, 0) is 6.42 Å². The predicted octanol–water partition coefficient (Wildman–Crippen LogP) is 3.85. The fraction of sp³-hybridized carbons (Fsp3) is 0.714. The van der Waals surface area contributed by atoms with E-state index in [2.05, 4.69) is 23.8 Å². The zero-order chi connectivity index (χ0) is 18.5. The van der Waals surface area contributed by atoms with Gasteiger partial charge in [0.2, 0.25) is 0 Å². The van der Waals surface area contributed by atoms with Crippen LogP contribution in [0.15, 0.2) is 12.8 Å². The molecule has 26 heavy (non-hydrogen) atoms. The minimum absolute atomic E-state index is 0.342. The molecule has 0 spiro atoms. The molecule has 5 nitrogen and oxygen atoms in total. The van der Waals surface area contributed by atoms with E-state index in [1.165, 1.54) is 32.1 Å². The summed E-state index contributed by atoms with van der Waals surface area (Å²) in [6, 6.07) is 0.751. The van der Waals surface area contributed by atoms with Crippen molar-refractivity contribution in [1.82, 2.24) is 9.97 Å². The first-order valence-corrected chi connectivity index (χ1v) is 10.4. The van der Waals surface area contributed by atoms with E-state index >= 15 is 0 Å². The van der Waals surface area contributed by atoms with Gasteiger partial charge in [-0.1, -0.05) is 45.6 Å². The van der Waals surface area contributed by atoms with Crippen LogP contribution in [0.4, 0.5) is 5.82 Å². The maximum Gasteiger partial charge on any atom is 0.139 e. The van der Waals surface area contributed by atoms with E-state index in [9.17, 15) is 0 Å². The molecule has 5 heteroatoms. The zero-order valence-corrected chi connectivity index (χ0v) is 16.2. The Balaban J connectivity index is 1.69. The summed E-state index contributed by atoms with van der Waals surface area (Å²) in [5.41, 5.74) is 13.4. The van der Waals surface area contributed by atoms with Gasteiger partial charge in [0.15, 0.2) is 0 Å². The van der Waals surface area contributed by atoms with Gasteiger partial charge in [-0.2, -0.15) is 0 Å². The largest absolute Gasteiger partial charge is 0.399 e. The monoisotopic (exact) mass is 357 g/mol. The van der Waals surface area contributed by atoms with Crippen molar-refractivity contribution >= 4 is 11.5 Å². The second-order valence-corrected chi connectivity index (χ2v) is 8.41. The van der Waals surface area contributed by atoms with Crippen molar-refractivity contribution in [3.8, 4) is 0 Å².